The SMILES string of the molecule is Fc1ccccc1OC1CN2CCC1CC2. The zero-order valence-electron chi connectivity index (χ0n) is 9.23. The summed E-state index contributed by atoms with van der Waals surface area (Å²) in [5.74, 6) is 0.768. The summed E-state index contributed by atoms with van der Waals surface area (Å²) >= 11 is 0. The molecule has 0 saturated carbocycles. The monoisotopic (exact) mass is 221 g/mol. The molecule has 16 heavy (non-hydrogen) atoms. The van der Waals surface area contributed by atoms with E-state index in [9.17, 15) is 4.39 Å². The number of ether oxygens (including phenoxy) is 1. The van der Waals surface area contributed by atoms with Gasteiger partial charge in [-0.05, 0) is 44.0 Å². The van der Waals surface area contributed by atoms with Crippen LogP contribution in [0.3, 0.4) is 0 Å². The molecule has 2 nitrogen and oxygen atoms in total. The van der Waals surface area contributed by atoms with Gasteiger partial charge in [-0.3, -0.25) is 4.90 Å². The van der Waals surface area contributed by atoms with Crippen molar-refractivity contribution in [3.8, 4) is 5.75 Å². The number of halogens is 1. The van der Waals surface area contributed by atoms with E-state index in [0.717, 1.165) is 6.54 Å². The molecule has 3 heteroatoms. The molecule has 3 heterocycles. The molecule has 4 rings (SSSR count). The van der Waals surface area contributed by atoms with Gasteiger partial charge in [-0.2, -0.15) is 0 Å². The molecule has 0 radical (unpaired) electrons. The fraction of sp³-hybridized carbons (Fsp3) is 0.538. The summed E-state index contributed by atoms with van der Waals surface area (Å²) in [6.45, 7) is 3.32. The highest BCUT2D eigenvalue weighted by atomic mass is 19.1. The van der Waals surface area contributed by atoms with Crippen molar-refractivity contribution in [1.29, 1.82) is 0 Å². The maximum Gasteiger partial charge on any atom is 0.165 e. The van der Waals surface area contributed by atoms with E-state index in [1.165, 1.54) is 32.0 Å². The predicted molar refractivity (Wildman–Crippen MR) is 60.0 cm³/mol. The van der Waals surface area contributed by atoms with E-state index in [0.29, 0.717) is 11.7 Å². The number of hydrogen-bond donors (Lipinski definition) is 0. The van der Waals surface area contributed by atoms with Crippen LogP contribution >= 0.6 is 0 Å². The summed E-state index contributed by atoms with van der Waals surface area (Å²) in [5, 5.41) is 0. The minimum absolute atomic E-state index is 0.180. The second-order valence-electron chi connectivity index (χ2n) is 4.72. The van der Waals surface area contributed by atoms with Crippen molar-refractivity contribution in [2.24, 2.45) is 5.92 Å². The van der Waals surface area contributed by atoms with Gasteiger partial charge in [0, 0.05) is 6.54 Å². The number of nitrogens with zero attached hydrogens (tertiary/aromatic N) is 1. The van der Waals surface area contributed by atoms with Gasteiger partial charge in [0.15, 0.2) is 11.6 Å². The number of piperidine rings is 3. The molecule has 1 atom stereocenters. The molecule has 1 aromatic rings. The Morgan fingerprint density at radius 1 is 1.19 bits per heavy atom. The second-order valence-corrected chi connectivity index (χ2v) is 4.72. The molecule has 86 valence electrons. The number of para-hydroxylation sites is 1. The first-order valence-corrected chi connectivity index (χ1v) is 5.96. The lowest BCUT2D eigenvalue weighted by molar-refractivity contribution is -0.00948. The molecule has 1 unspecified atom stereocenters. The summed E-state index contributed by atoms with van der Waals surface area (Å²) in [6, 6.07) is 6.68. The van der Waals surface area contributed by atoms with Crippen molar-refractivity contribution in [1.82, 2.24) is 4.90 Å². The average Bonchev–Trinajstić information content (AvgIpc) is 2.34. The highest BCUT2D eigenvalue weighted by Crippen LogP contribution is 2.31. The van der Waals surface area contributed by atoms with Crippen LogP contribution in [-0.4, -0.2) is 30.6 Å². The van der Waals surface area contributed by atoms with Crippen LogP contribution in [0.25, 0.3) is 0 Å². The highest BCUT2D eigenvalue weighted by molar-refractivity contribution is 5.24. The van der Waals surface area contributed by atoms with Gasteiger partial charge in [-0.1, -0.05) is 12.1 Å². The van der Waals surface area contributed by atoms with Gasteiger partial charge in [0.05, 0.1) is 0 Å². The van der Waals surface area contributed by atoms with E-state index >= 15 is 0 Å². The molecule has 0 aliphatic carbocycles. The smallest absolute Gasteiger partial charge is 0.165 e. The average molecular weight is 221 g/mol. The van der Waals surface area contributed by atoms with Gasteiger partial charge in [-0.15, -0.1) is 0 Å². The Balaban J connectivity index is 1.73. The maximum atomic E-state index is 13.4. The van der Waals surface area contributed by atoms with Crippen LogP contribution < -0.4 is 4.74 Å². The van der Waals surface area contributed by atoms with Gasteiger partial charge in [0.2, 0.25) is 0 Å². The van der Waals surface area contributed by atoms with Crippen LogP contribution in [0.1, 0.15) is 12.8 Å². The first-order valence-electron chi connectivity index (χ1n) is 5.96. The van der Waals surface area contributed by atoms with Crippen LogP contribution in [0.15, 0.2) is 24.3 Å². The van der Waals surface area contributed by atoms with E-state index in [2.05, 4.69) is 4.90 Å². The molecule has 2 bridgehead atoms. The van der Waals surface area contributed by atoms with E-state index < -0.39 is 0 Å². The zero-order valence-corrected chi connectivity index (χ0v) is 9.23. The number of fused-ring (bicyclic) bond motifs is 3. The third-order valence-corrected chi connectivity index (χ3v) is 3.71. The molecule has 0 amide bonds. The number of benzene rings is 1. The lowest BCUT2D eigenvalue weighted by atomic mass is 9.86. The van der Waals surface area contributed by atoms with E-state index in [-0.39, 0.29) is 11.9 Å². The van der Waals surface area contributed by atoms with Crippen LogP contribution in [0.4, 0.5) is 4.39 Å². The molecule has 0 N–H and O–H groups in total. The summed E-state index contributed by atoms with van der Waals surface area (Å²) in [5.41, 5.74) is 0. The van der Waals surface area contributed by atoms with Crippen molar-refractivity contribution >= 4 is 0 Å². The van der Waals surface area contributed by atoms with Gasteiger partial charge >= 0.3 is 0 Å². The first kappa shape index (κ1) is 10.1. The summed E-state index contributed by atoms with van der Waals surface area (Å²) in [6.07, 6.45) is 2.57. The lowest BCUT2D eigenvalue weighted by Crippen LogP contribution is -2.52. The Hall–Kier alpha value is -1.09. The minimum Gasteiger partial charge on any atom is -0.486 e. The van der Waals surface area contributed by atoms with E-state index in [4.69, 9.17) is 4.74 Å². The predicted octanol–water partition coefficient (Wildman–Crippen LogP) is 2.30. The summed E-state index contributed by atoms with van der Waals surface area (Å²) in [4.78, 5) is 2.41. The lowest BCUT2D eigenvalue weighted by Gasteiger charge is -2.44. The Labute approximate surface area is 95.0 Å². The van der Waals surface area contributed by atoms with Crippen LogP contribution in [0, 0.1) is 11.7 Å². The molecule has 3 fully saturated rings. The second kappa shape index (κ2) is 4.06. The molecule has 3 saturated heterocycles. The fourth-order valence-electron chi connectivity index (χ4n) is 2.75. The largest absolute Gasteiger partial charge is 0.486 e. The zero-order chi connectivity index (χ0) is 11.0. The van der Waals surface area contributed by atoms with E-state index in [1.54, 1.807) is 12.1 Å². The van der Waals surface area contributed by atoms with Crippen molar-refractivity contribution in [2.45, 2.75) is 18.9 Å². The third-order valence-electron chi connectivity index (χ3n) is 3.71. The molecule has 3 aliphatic heterocycles. The number of rotatable bonds is 2. The molecular weight excluding hydrogens is 205 g/mol. The topological polar surface area (TPSA) is 12.5 Å². The number of hydrogen-bond acceptors (Lipinski definition) is 2. The van der Waals surface area contributed by atoms with E-state index in [1.807, 2.05) is 6.07 Å². The van der Waals surface area contributed by atoms with Gasteiger partial charge < -0.3 is 4.74 Å². The molecule has 0 spiro atoms. The fourth-order valence-corrected chi connectivity index (χ4v) is 2.75. The summed E-state index contributed by atoms with van der Waals surface area (Å²) in [7, 11) is 0. The Bertz CT molecular complexity index is 374. The molecule has 0 aromatic heterocycles. The molecular formula is C13H16FNO. The first-order chi connectivity index (χ1) is 7.83. The molecule has 3 aliphatic rings. The van der Waals surface area contributed by atoms with Crippen molar-refractivity contribution in [3.05, 3.63) is 30.1 Å². The van der Waals surface area contributed by atoms with Gasteiger partial charge in [0.25, 0.3) is 0 Å². The third kappa shape index (κ3) is 1.80. The Morgan fingerprint density at radius 2 is 1.94 bits per heavy atom. The van der Waals surface area contributed by atoms with Gasteiger partial charge in [-0.25, -0.2) is 4.39 Å². The van der Waals surface area contributed by atoms with Crippen LogP contribution in [0.5, 0.6) is 5.75 Å². The van der Waals surface area contributed by atoms with Crippen molar-refractivity contribution in [3.63, 3.8) is 0 Å². The highest BCUT2D eigenvalue weighted by Gasteiger charge is 2.35. The Morgan fingerprint density at radius 3 is 2.56 bits per heavy atom. The summed E-state index contributed by atoms with van der Waals surface area (Å²) < 4.78 is 19.3. The van der Waals surface area contributed by atoms with Crippen LogP contribution in [-0.2, 0) is 0 Å². The quantitative estimate of drug-likeness (QED) is 0.759. The Kier molecular flexibility index (Phi) is 2.56. The normalized spacial score (nSPS) is 32.7. The van der Waals surface area contributed by atoms with Crippen molar-refractivity contribution < 1.29 is 9.13 Å². The molecule has 1 aromatic carbocycles. The maximum absolute atomic E-state index is 13.4. The van der Waals surface area contributed by atoms with Gasteiger partial charge in [0.1, 0.15) is 6.10 Å². The van der Waals surface area contributed by atoms with Crippen LogP contribution in [0.2, 0.25) is 0 Å². The minimum atomic E-state index is -0.251. The standard InChI is InChI=1S/C13H16FNO/c14-11-3-1-2-4-12(11)16-13-9-15-7-5-10(13)6-8-15/h1-4,10,13H,5-9H2. The van der Waals surface area contributed by atoms with Crippen molar-refractivity contribution in [2.75, 3.05) is 19.6 Å².